The van der Waals surface area contributed by atoms with Crippen molar-refractivity contribution in [3.8, 4) is 0 Å². The third-order valence-electron chi connectivity index (χ3n) is 4.37. The molecule has 0 bridgehead atoms. The number of aliphatic imine (C=N–C) groups is 1. The van der Waals surface area contributed by atoms with Crippen molar-refractivity contribution in [1.82, 2.24) is 10.2 Å². The third kappa shape index (κ3) is 6.15. The molecule has 0 aromatic carbocycles. The minimum absolute atomic E-state index is 0.137. The van der Waals surface area contributed by atoms with Gasteiger partial charge in [0.05, 0.1) is 12.3 Å². The molecule has 1 saturated heterocycles. The fourth-order valence-electron chi connectivity index (χ4n) is 3.16. The van der Waals surface area contributed by atoms with Crippen LogP contribution in [-0.4, -0.2) is 57.0 Å². The average molecular weight is 332 g/mol. The number of nitrogens with one attached hydrogen (secondary N) is 1. The molecular weight excluding hydrogens is 298 g/mol. The van der Waals surface area contributed by atoms with Crippen molar-refractivity contribution in [2.75, 3.05) is 37.7 Å². The smallest absolute Gasteiger partial charge is 0.193 e. The summed E-state index contributed by atoms with van der Waals surface area (Å²) in [7, 11) is -2.95. The minimum Gasteiger partial charge on any atom is -0.357 e. The molecule has 0 spiro atoms. The van der Waals surface area contributed by atoms with Crippen LogP contribution < -0.4 is 5.32 Å². The predicted octanol–water partition coefficient (Wildman–Crippen LogP) is 2.29. The van der Waals surface area contributed by atoms with Crippen molar-refractivity contribution in [2.24, 2.45) is 10.4 Å². The first kappa shape index (κ1) is 19.3. The summed E-state index contributed by atoms with van der Waals surface area (Å²) in [6, 6.07) is 0. The van der Waals surface area contributed by atoms with Gasteiger partial charge in [-0.1, -0.05) is 27.2 Å². The van der Waals surface area contributed by atoms with E-state index in [1.165, 1.54) is 25.7 Å². The highest BCUT2D eigenvalue weighted by atomic mass is 32.2. The maximum atomic E-state index is 11.6. The van der Waals surface area contributed by atoms with E-state index in [4.69, 9.17) is 0 Å². The molecule has 1 unspecified atom stereocenters. The molecule has 1 heterocycles. The lowest BCUT2D eigenvalue weighted by atomic mass is 9.78. The molecule has 0 aliphatic carbocycles. The first-order valence-corrected chi connectivity index (χ1v) is 10.4. The zero-order valence-electron chi connectivity index (χ0n) is 14.7. The van der Waals surface area contributed by atoms with Gasteiger partial charge in [0.15, 0.2) is 15.8 Å². The van der Waals surface area contributed by atoms with Crippen LogP contribution in [0.25, 0.3) is 0 Å². The molecule has 0 aromatic rings. The van der Waals surface area contributed by atoms with Crippen molar-refractivity contribution < 1.29 is 8.42 Å². The van der Waals surface area contributed by atoms with Gasteiger partial charge in [0, 0.05) is 25.4 Å². The summed E-state index contributed by atoms with van der Waals surface area (Å²) in [6.45, 7) is 11.5. The van der Waals surface area contributed by atoms with Crippen LogP contribution in [0, 0.1) is 5.41 Å². The monoisotopic (exact) mass is 331 g/mol. The van der Waals surface area contributed by atoms with Gasteiger partial charge in [-0.15, -0.1) is 0 Å². The molecule has 6 heteroatoms. The van der Waals surface area contributed by atoms with Gasteiger partial charge in [-0.2, -0.15) is 0 Å². The lowest BCUT2D eigenvalue weighted by molar-refractivity contribution is 0.142. The van der Waals surface area contributed by atoms with Crippen molar-refractivity contribution in [3.05, 3.63) is 0 Å². The van der Waals surface area contributed by atoms with E-state index in [-0.39, 0.29) is 11.5 Å². The van der Waals surface area contributed by atoms with Crippen molar-refractivity contribution in [2.45, 2.75) is 53.4 Å². The van der Waals surface area contributed by atoms with E-state index in [1.807, 2.05) is 6.92 Å². The zero-order chi connectivity index (χ0) is 16.6. The van der Waals surface area contributed by atoms with Gasteiger partial charge in [0.1, 0.15) is 0 Å². The number of guanidine groups is 1. The number of likely N-dealkylation sites (tertiary alicyclic amines) is 1. The minimum atomic E-state index is -2.95. The quantitative estimate of drug-likeness (QED) is 0.574. The van der Waals surface area contributed by atoms with E-state index < -0.39 is 9.84 Å². The van der Waals surface area contributed by atoms with Crippen LogP contribution in [0.5, 0.6) is 0 Å². The molecule has 1 aliphatic rings. The van der Waals surface area contributed by atoms with Crippen LogP contribution in [0.3, 0.4) is 0 Å². The molecule has 130 valence electrons. The Morgan fingerprint density at radius 3 is 2.64 bits per heavy atom. The fraction of sp³-hybridized carbons (Fsp3) is 0.938. The largest absolute Gasteiger partial charge is 0.357 e. The maximum Gasteiger partial charge on any atom is 0.193 e. The van der Waals surface area contributed by atoms with Gasteiger partial charge < -0.3 is 10.2 Å². The molecule has 1 aliphatic heterocycles. The summed E-state index contributed by atoms with van der Waals surface area (Å²) in [4.78, 5) is 6.86. The van der Waals surface area contributed by atoms with E-state index in [0.717, 1.165) is 25.6 Å². The Bertz CT molecular complexity index is 458. The van der Waals surface area contributed by atoms with Gasteiger partial charge in [0.25, 0.3) is 0 Å². The number of rotatable bonds is 7. The van der Waals surface area contributed by atoms with Crippen LogP contribution in [0.4, 0.5) is 0 Å². The molecule has 0 amide bonds. The first-order chi connectivity index (χ1) is 10.4. The van der Waals surface area contributed by atoms with Crippen LogP contribution in [0.15, 0.2) is 4.99 Å². The SMILES string of the molecule is CCCC1(C)CCCN(C(=NCCS(=O)(=O)CC)NCC)C1. The van der Waals surface area contributed by atoms with Gasteiger partial charge in [0.2, 0.25) is 0 Å². The summed E-state index contributed by atoms with van der Waals surface area (Å²) >= 11 is 0. The molecule has 1 rings (SSSR count). The van der Waals surface area contributed by atoms with Crippen LogP contribution in [0.1, 0.15) is 53.4 Å². The normalized spacial score (nSPS) is 23.6. The van der Waals surface area contributed by atoms with Gasteiger partial charge >= 0.3 is 0 Å². The summed E-state index contributed by atoms with van der Waals surface area (Å²) in [5, 5.41) is 3.32. The van der Waals surface area contributed by atoms with Crippen molar-refractivity contribution in [1.29, 1.82) is 0 Å². The lowest BCUT2D eigenvalue weighted by Gasteiger charge is -2.42. The van der Waals surface area contributed by atoms with Crippen LogP contribution in [-0.2, 0) is 9.84 Å². The summed E-state index contributed by atoms with van der Waals surface area (Å²) in [6.07, 6.45) is 4.87. The second kappa shape index (κ2) is 8.75. The average Bonchev–Trinajstić information content (AvgIpc) is 2.46. The highest BCUT2D eigenvalue weighted by Crippen LogP contribution is 2.33. The Morgan fingerprint density at radius 2 is 2.05 bits per heavy atom. The van der Waals surface area contributed by atoms with Gasteiger partial charge in [-0.3, -0.25) is 4.99 Å². The van der Waals surface area contributed by atoms with Crippen LogP contribution in [0.2, 0.25) is 0 Å². The predicted molar refractivity (Wildman–Crippen MR) is 94.1 cm³/mol. The van der Waals surface area contributed by atoms with Crippen molar-refractivity contribution in [3.63, 3.8) is 0 Å². The number of sulfone groups is 1. The topological polar surface area (TPSA) is 61.8 Å². The van der Waals surface area contributed by atoms with E-state index in [0.29, 0.717) is 12.0 Å². The Labute approximate surface area is 136 Å². The molecule has 5 nitrogen and oxygen atoms in total. The van der Waals surface area contributed by atoms with E-state index in [1.54, 1.807) is 6.92 Å². The molecule has 1 atom stereocenters. The Morgan fingerprint density at radius 1 is 1.32 bits per heavy atom. The second-order valence-corrected chi connectivity index (χ2v) is 9.03. The van der Waals surface area contributed by atoms with Crippen LogP contribution >= 0.6 is 0 Å². The number of hydrogen-bond donors (Lipinski definition) is 1. The highest BCUT2D eigenvalue weighted by Gasteiger charge is 2.31. The summed E-state index contributed by atoms with van der Waals surface area (Å²) in [5.41, 5.74) is 0.346. The fourth-order valence-corrected chi connectivity index (χ4v) is 3.82. The highest BCUT2D eigenvalue weighted by molar-refractivity contribution is 7.91. The Kier molecular flexibility index (Phi) is 7.66. The number of piperidine rings is 1. The number of nitrogens with zero attached hydrogens (tertiary/aromatic N) is 2. The maximum absolute atomic E-state index is 11.6. The standard InChI is InChI=1S/C16H33N3O2S/c1-5-9-16(4)10-8-12-19(14-16)15(17-6-2)18-11-13-22(20,21)7-3/h5-14H2,1-4H3,(H,17,18). The molecule has 0 radical (unpaired) electrons. The first-order valence-electron chi connectivity index (χ1n) is 8.59. The molecule has 1 fully saturated rings. The summed E-state index contributed by atoms with van der Waals surface area (Å²) < 4.78 is 23.2. The van der Waals surface area contributed by atoms with Crippen molar-refractivity contribution >= 4 is 15.8 Å². The Hall–Kier alpha value is -0.780. The van der Waals surface area contributed by atoms with E-state index in [9.17, 15) is 8.42 Å². The molecule has 22 heavy (non-hydrogen) atoms. The second-order valence-electron chi connectivity index (χ2n) is 6.56. The third-order valence-corrected chi connectivity index (χ3v) is 6.06. The van der Waals surface area contributed by atoms with E-state index in [2.05, 4.69) is 29.1 Å². The summed E-state index contributed by atoms with van der Waals surface area (Å²) in [5.74, 6) is 1.20. The lowest BCUT2D eigenvalue weighted by Crippen LogP contribution is -2.50. The number of hydrogen-bond acceptors (Lipinski definition) is 3. The molecular formula is C16H33N3O2S. The Balaban J connectivity index is 2.72. The van der Waals surface area contributed by atoms with E-state index >= 15 is 0 Å². The van der Waals surface area contributed by atoms with Gasteiger partial charge in [-0.05, 0) is 31.6 Å². The molecule has 0 saturated carbocycles. The zero-order valence-corrected chi connectivity index (χ0v) is 15.5. The molecule has 1 N–H and O–H groups in total. The molecule has 0 aromatic heterocycles. The van der Waals surface area contributed by atoms with Gasteiger partial charge in [-0.25, -0.2) is 8.42 Å².